The molecule has 1 heterocycles. The van der Waals surface area contributed by atoms with Crippen LogP contribution in [0.25, 0.3) is 0 Å². The van der Waals surface area contributed by atoms with Gasteiger partial charge >= 0.3 is 5.97 Å². The van der Waals surface area contributed by atoms with Crippen molar-refractivity contribution in [2.24, 2.45) is 0 Å². The molecule has 0 unspecified atom stereocenters. The van der Waals surface area contributed by atoms with Crippen LogP contribution in [0.2, 0.25) is 0 Å². The standard InChI is InChI=1S/C7H13NO.C7H6O2.C4H10O.C2H6/c1-2-7(9)8-5-3-4-6-8;8-7(9)6-4-2-1-3-5-6;1-4(2,3)5;1-2/h2-6H2,1H3;1-5H,(H,8,9);5H,1-3H3;1-2H3. The number of carboxylic acids is 1. The van der Waals surface area contributed by atoms with E-state index in [1.807, 2.05) is 25.7 Å². The molecule has 1 fully saturated rings. The summed E-state index contributed by atoms with van der Waals surface area (Å²) in [5.41, 5.74) is -0.169. The summed E-state index contributed by atoms with van der Waals surface area (Å²) < 4.78 is 0. The van der Waals surface area contributed by atoms with Gasteiger partial charge in [0.1, 0.15) is 0 Å². The summed E-state index contributed by atoms with van der Waals surface area (Å²) in [5, 5.41) is 16.9. The first-order valence-corrected chi connectivity index (χ1v) is 8.93. The van der Waals surface area contributed by atoms with Gasteiger partial charge in [0, 0.05) is 19.5 Å². The van der Waals surface area contributed by atoms with Gasteiger partial charge in [-0.1, -0.05) is 39.0 Å². The molecule has 2 N–H and O–H groups in total. The molecule has 0 atom stereocenters. The molecule has 1 aliphatic heterocycles. The van der Waals surface area contributed by atoms with Crippen molar-refractivity contribution < 1.29 is 19.8 Å². The minimum atomic E-state index is -0.879. The molecule has 25 heavy (non-hydrogen) atoms. The molecule has 0 spiro atoms. The zero-order chi connectivity index (χ0) is 19.9. The second-order valence-corrected chi connectivity index (χ2v) is 6.28. The molecule has 0 saturated carbocycles. The Balaban J connectivity index is 0. The molecule has 144 valence electrons. The molecule has 0 aromatic heterocycles. The fraction of sp³-hybridized carbons (Fsp3) is 0.600. The number of aromatic carboxylic acids is 1. The number of carboxylic acid groups (broad SMARTS) is 1. The highest BCUT2D eigenvalue weighted by molar-refractivity contribution is 5.87. The number of carbonyl (C=O) groups excluding carboxylic acids is 1. The van der Waals surface area contributed by atoms with Crippen molar-refractivity contribution in [1.82, 2.24) is 4.90 Å². The van der Waals surface area contributed by atoms with Crippen LogP contribution in [-0.4, -0.2) is 45.7 Å². The highest BCUT2D eigenvalue weighted by atomic mass is 16.4. The average Bonchev–Trinajstić information content (AvgIpc) is 3.10. The first-order chi connectivity index (χ1) is 11.6. The Bertz CT molecular complexity index is 454. The van der Waals surface area contributed by atoms with Crippen LogP contribution in [-0.2, 0) is 4.79 Å². The molecule has 5 heteroatoms. The van der Waals surface area contributed by atoms with Gasteiger partial charge in [-0.05, 0) is 45.7 Å². The Morgan fingerprint density at radius 2 is 1.44 bits per heavy atom. The van der Waals surface area contributed by atoms with Gasteiger partial charge in [0.2, 0.25) is 5.91 Å². The Morgan fingerprint density at radius 3 is 1.72 bits per heavy atom. The summed E-state index contributed by atoms with van der Waals surface area (Å²) >= 11 is 0. The van der Waals surface area contributed by atoms with Crippen molar-refractivity contribution in [1.29, 1.82) is 0 Å². The van der Waals surface area contributed by atoms with E-state index in [2.05, 4.69) is 0 Å². The smallest absolute Gasteiger partial charge is 0.335 e. The number of nitrogens with zero attached hydrogens (tertiary/aromatic N) is 1. The topological polar surface area (TPSA) is 77.8 Å². The zero-order valence-electron chi connectivity index (χ0n) is 16.6. The molecule has 0 radical (unpaired) electrons. The normalized spacial score (nSPS) is 12.5. The highest BCUT2D eigenvalue weighted by Gasteiger charge is 2.14. The number of aliphatic hydroxyl groups is 1. The van der Waals surface area contributed by atoms with Crippen LogP contribution in [0.15, 0.2) is 30.3 Å². The third-order valence-electron chi connectivity index (χ3n) is 2.78. The van der Waals surface area contributed by atoms with Crippen molar-refractivity contribution in [3.8, 4) is 0 Å². The molecule has 1 aliphatic rings. The largest absolute Gasteiger partial charge is 0.478 e. The number of likely N-dealkylation sites (tertiary alicyclic amines) is 1. The zero-order valence-corrected chi connectivity index (χ0v) is 16.6. The number of benzene rings is 1. The lowest BCUT2D eigenvalue weighted by atomic mass is 10.2. The first kappa shape index (κ1) is 25.4. The van der Waals surface area contributed by atoms with Gasteiger partial charge in [-0.25, -0.2) is 4.79 Å². The summed E-state index contributed by atoms with van der Waals surface area (Å²) in [7, 11) is 0. The molecule has 1 aromatic carbocycles. The second kappa shape index (κ2) is 14.5. The summed E-state index contributed by atoms with van der Waals surface area (Å²) in [4.78, 5) is 23.1. The lowest BCUT2D eigenvalue weighted by Crippen LogP contribution is -2.26. The Kier molecular flexibility index (Phi) is 14.7. The van der Waals surface area contributed by atoms with E-state index < -0.39 is 11.6 Å². The fourth-order valence-corrected chi connectivity index (χ4v) is 1.77. The molecular formula is C20H35NO4. The minimum absolute atomic E-state index is 0.313. The maximum Gasteiger partial charge on any atom is 0.335 e. The van der Waals surface area contributed by atoms with Crippen LogP contribution in [0.1, 0.15) is 71.2 Å². The van der Waals surface area contributed by atoms with Gasteiger partial charge < -0.3 is 15.1 Å². The Labute approximate surface area is 152 Å². The van der Waals surface area contributed by atoms with E-state index in [1.54, 1.807) is 51.1 Å². The van der Waals surface area contributed by atoms with Gasteiger partial charge in [-0.3, -0.25) is 4.79 Å². The Morgan fingerprint density at radius 1 is 1.04 bits per heavy atom. The summed E-state index contributed by atoms with van der Waals surface area (Å²) in [6, 6.07) is 8.30. The van der Waals surface area contributed by atoms with Crippen molar-refractivity contribution in [3.05, 3.63) is 35.9 Å². The van der Waals surface area contributed by atoms with Gasteiger partial charge in [-0.2, -0.15) is 0 Å². The number of hydrogen-bond acceptors (Lipinski definition) is 3. The van der Waals surface area contributed by atoms with Crippen LogP contribution < -0.4 is 0 Å². The third kappa shape index (κ3) is 16.8. The van der Waals surface area contributed by atoms with Gasteiger partial charge in [0.05, 0.1) is 11.2 Å². The highest BCUT2D eigenvalue weighted by Crippen LogP contribution is 2.07. The van der Waals surface area contributed by atoms with Gasteiger partial charge in [0.15, 0.2) is 0 Å². The van der Waals surface area contributed by atoms with E-state index in [0.29, 0.717) is 17.9 Å². The molecular weight excluding hydrogens is 318 g/mol. The van der Waals surface area contributed by atoms with Crippen molar-refractivity contribution in [3.63, 3.8) is 0 Å². The molecule has 5 nitrogen and oxygen atoms in total. The maximum atomic E-state index is 10.9. The molecule has 1 aromatic rings. The van der Waals surface area contributed by atoms with Crippen LogP contribution in [0.5, 0.6) is 0 Å². The monoisotopic (exact) mass is 353 g/mol. The summed E-state index contributed by atoms with van der Waals surface area (Å²) in [6.07, 6.45) is 3.07. The molecule has 0 bridgehead atoms. The van der Waals surface area contributed by atoms with Crippen LogP contribution >= 0.6 is 0 Å². The predicted molar refractivity (Wildman–Crippen MR) is 103 cm³/mol. The Hall–Kier alpha value is -1.88. The third-order valence-corrected chi connectivity index (χ3v) is 2.78. The number of amides is 1. The van der Waals surface area contributed by atoms with E-state index in [1.165, 1.54) is 12.8 Å². The van der Waals surface area contributed by atoms with E-state index in [4.69, 9.17) is 10.2 Å². The minimum Gasteiger partial charge on any atom is -0.478 e. The molecule has 1 saturated heterocycles. The van der Waals surface area contributed by atoms with Crippen molar-refractivity contribution in [2.45, 2.75) is 66.4 Å². The van der Waals surface area contributed by atoms with Crippen LogP contribution in [0.4, 0.5) is 0 Å². The lowest BCUT2D eigenvalue weighted by molar-refractivity contribution is -0.129. The molecule has 1 amide bonds. The van der Waals surface area contributed by atoms with Crippen LogP contribution in [0, 0.1) is 0 Å². The van der Waals surface area contributed by atoms with E-state index in [0.717, 1.165) is 13.1 Å². The fourth-order valence-electron chi connectivity index (χ4n) is 1.77. The van der Waals surface area contributed by atoms with Crippen LogP contribution in [0.3, 0.4) is 0 Å². The van der Waals surface area contributed by atoms with E-state index >= 15 is 0 Å². The van der Waals surface area contributed by atoms with E-state index in [-0.39, 0.29) is 0 Å². The number of hydrogen-bond donors (Lipinski definition) is 2. The maximum absolute atomic E-state index is 10.9. The first-order valence-electron chi connectivity index (χ1n) is 8.93. The predicted octanol–water partition coefficient (Wildman–Crippen LogP) is 4.21. The molecule has 0 aliphatic carbocycles. The summed E-state index contributed by atoms with van der Waals surface area (Å²) in [6.45, 7) is 13.1. The number of rotatable bonds is 2. The van der Waals surface area contributed by atoms with Gasteiger partial charge in [-0.15, -0.1) is 0 Å². The summed E-state index contributed by atoms with van der Waals surface area (Å²) in [5.74, 6) is -0.567. The molecule has 2 rings (SSSR count). The number of carbonyl (C=O) groups is 2. The quantitative estimate of drug-likeness (QED) is 0.835. The second-order valence-electron chi connectivity index (χ2n) is 6.28. The van der Waals surface area contributed by atoms with Crippen molar-refractivity contribution >= 4 is 11.9 Å². The van der Waals surface area contributed by atoms with Crippen molar-refractivity contribution in [2.75, 3.05) is 13.1 Å². The average molecular weight is 354 g/mol. The lowest BCUT2D eigenvalue weighted by Gasteiger charge is -2.12. The van der Waals surface area contributed by atoms with Gasteiger partial charge in [0.25, 0.3) is 0 Å². The SMILES string of the molecule is CC.CC(C)(C)O.CCC(=O)N1CCCC1.O=C(O)c1ccccc1. The van der Waals surface area contributed by atoms with E-state index in [9.17, 15) is 9.59 Å².